The van der Waals surface area contributed by atoms with Crippen molar-refractivity contribution in [3.63, 3.8) is 0 Å². The van der Waals surface area contributed by atoms with Gasteiger partial charge in [-0.3, -0.25) is 4.79 Å². The average molecular weight is 426 g/mol. The first-order chi connectivity index (χ1) is 12.9. The predicted molar refractivity (Wildman–Crippen MR) is 115 cm³/mol. The van der Waals surface area contributed by atoms with Gasteiger partial charge in [-0.15, -0.1) is 12.4 Å². The lowest BCUT2D eigenvalue weighted by Gasteiger charge is -2.13. The van der Waals surface area contributed by atoms with E-state index in [1.54, 1.807) is 12.1 Å². The summed E-state index contributed by atoms with van der Waals surface area (Å²) in [5, 5.41) is 2.78. The van der Waals surface area contributed by atoms with Crippen LogP contribution in [0.2, 0.25) is 0 Å². The van der Waals surface area contributed by atoms with E-state index in [-0.39, 0.29) is 42.2 Å². The Kier molecular flexibility index (Phi) is 9.61. The van der Waals surface area contributed by atoms with Gasteiger partial charge in [0.25, 0.3) is 0 Å². The van der Waals surface area contributed by atoms with Crippen LogP contribution in [0.15, 0.2) is 53.4 Å². The molecular formula is C20H28ClN3O3S. The molecule has 0 heterocycles. The quantitative estimate of drug-likeness (QED) is 0.574. The largest absolute Gasteiger partial charge is 0.329 e. The van der Waals surface area contributed by atoms with Gasteiger partial charge < -0.3 is 11.1 Å². The zero-order chi connectivity index (χ0) is 19.9. The normalized spacial score (nSPS) is 12.1. The molecule has 0 saturated heterocycles. The summed E-state index contributed by atoms with van der Waals surface area (Å²) in [6, 6.07) is 14.4. The Hall–Kier alpha value is -1.93. The van der Waals surface area contributed by atoms with E-state index in [1.165, 1.54) is 17.7 Å². The summed E-state index contributed by atoms with van der Waals surface area (Å²) in [6.45, 7) is 4.48. The number of hydrogen-bond acceptors (Lipinski definition) is 4. The molecule has 0 bridgehead atoms. The number of sulfonamides is 1. The minimum absolute atomic E-state index is 0. The first kappa shape index (κ1) is 24.1. The highest BCUT2D eigenvalue weighted by Gasteiger charge is 2.15. The third-order valence-electron chi connectivity index (χ3n) is 4.31. The topological polar surface area (TPSA) is 101 Å². The molecule has 2 rings (SSSR count). The fourth-order valence-electron chi connectivity index (χ4n) is 2.71. The molecule has 0 aromatic heterocycles. The fourth-order valence-corrected chi connectivity index (χ4v) is 3.80. The van der Waals surface area contributed by atoms with Crippen molar-refractivity contribution < 1.29 is 13.2 Å². The number of rotatable bonds is 9. The van der Waals surface area contributed by atoms with Crippen LogP contribution < -0.4 is 15.8 Å². The zero-order valence-electron chi connectivity index (χ0n) is 16.1. The molecule has 0 radical (unpaired) electrons. The minimum atomic E-state index is -3.63. The molecule has 1 unspecified atom stereocenters. The van der Waals surface area contributed by atoms with Gasteiger partial charge in [-0.05, 0) is 41.7 Å². The second kappa shape index (κ2) is 11.2. The fraction of sp³-hybridized carbons (Fsp3) is 0.350. The number of halogens is 1. The van der Waals surface area contributed by atoms with Crippen molar-refractivity contribution in [2.24, 2.45) is 5.73 Å². The van der Waals surface area contributed by atoms with E-state index in [2.05, 4.69) is 29.1 Å². The summed E-state index contributed by atoms with van der Waals surface area (Å²) in [5.74, 6) is -0.0967. The number of carbonyl (C=O) groups excluding carboxylic acids is 1. The van der Waals surface area contributed by atoms with E-state index in [0.717, 1.165) is 12.0 Å². The van der Waals surface area contributed by atoms with Gasteiger partial charge in [0.05, 0.1) is 4.90 Å². The molecule has 6 nitrogen and oxygen atoms in total. The van der Waals surface area contributed by atoms with Crippen LogP contribution in [0, 0.1) is 0 Å². The molecule has 1 amide bonds. The molecule has 0 fully saturated rings. The van der Waals surface area contributed by atoms with Crippen LogP contribution in [0.25, 0.3) is 0 Å². The Bertz CT molecular complexity index is 871. The summed E-state index contributed by atoms with van der Waals surface area (Å²) in [7, 11) is -3.63. The molecule has 0 aliphatic carbocycles. The van der Waals surface area contributed by atoms with E-state index in [0.29, 0.717) is 12.1 Å². The van der Waals surface area contributed by atoms with Crippen LogP contribution in [-0.4, -0.2) is 27.4 Å². The van der Waals surface area contributed by atoms with Crippen molar-refractivity contribution >= 4 is 34.0 Å². The van der Waals surface area contributed by atoms with E-state index in [9.17, 15) is 13.2 Å². The summed E-state index contributed by atoms with van der Waals surface area (Å²) >= 11 is 0. The minimum Gasteiger partial charge on any atom is -0.329 e. The third kappa shape index (κ3) is 6.91. The van der Waals surface area contributed by atoms with Crippen molar-refractivity contribution in [1.82, 2.24) is 4.72 Å². The van der Waals surface area contributed by atoms with Crippen molar-refractivity contribution in [3.05, 3.63) is 59.7 Å². The number of aryl methyl sites for hydroxylation is 1. The van der Waals surface area contributed by atoms with Crippen LogP contribution in [0.3, 0.4) is 0 Å². The first-order valence-electron chi connectivity index (χ1n) is 9.04. The van der Waals surface area contributed by atoms with Gasteiger partial charge in [-0.2, -0.15) is 0 Å². The lowest BCUT2D eigenvalue weighted by molar-refractivity contribution is -0.116. The molecule has 0 aliphatic rings. The van der Waals surface area contributed by atoms with Crippen LogP contribution in [0.4, 0.5) is 5.69 Å². The van der Waals surface area contributed by atoms with Crippen LogP contribution in [0.5, 0.6) is 0 Å². The predicted octanol–water partition coefficient (Wildman–Crippen LogP) is 3.04. The molecule has 8 heteroatoms. The molecule has 28 heavy (non-hydrogen) atoms. The van der Waals surface area contributed by atoms with Crippen molar-refractivity contribution in [3.8, 4) is 0 Å². The Balaban J connectivity index is 0.00000392. The molecule has 1 atom stereocenters. The van der Waals surface area contributed by atoms with E-state index < -0.39 is 10.0 Å². The maximum atomic E-state index is 12.4. The summed E-state index contributed by atoms with van der Waals surface area (Å²) in [4.78, 5) is 12.5. The van der Waals surface area contributed by atoms with E-state index in [1.807, 2.05) is 19.1 Å². The lowest BCUT2D eigenvalue weighted by Crippen LogP contribution is -2.29. The second-order valence-electron chi connectivity index (χ2n) is 6.46. The Morgan fingerprint density at radius 2 is 1.82 bits per heavy atom. The first-order valence-corrected chi connectivity index (χ1v) is 10.5. The number of nitrogens with one attached hydrogen (secondary N) is 2. The maximum absolute atomic E-state index is 12.4. The van der Waals surface area contributed by atoms with E-state index >= 15 is 0 Å². The SMILES string of the molecule is CCc1ccc(C(C)CC(=O)Nc2cccc(S(=O)(=O)NCCN)c2)cc1.Cl. The van der Waals surface area contributed by atoms with Gasteiger partial charge in [0.2, 0.25) is 15.9 Å². The van der Waals surface area contributed by atoms with Crippen LogP contribution >= 0.6 is 12.4 Å². The van der Waals surface area contributed by atoms with Crippen LogP contribution in [0.1, 0.15) is 37.3 Å². The highest BCUT2D eigenvalue weighted by molar-refractivity contribution is 7.89. The highest BCUT2D eigenvalue weighted by atomic mass is 35.5. The molecule has 0 spiro atoms. The zero-order valence-corrected chi connectivity index (χ0v) is 17.8. The monoisotopic (exact) mass is 425 g/mol. The number of anilines is 1. The third-order valence-corrected chi connectivity index (χ3v) is 5.77. The van der Waals surface area contributed by atoms with Gasteiger partial charge in [0.1, 0.15) is 0 Å². The van der Waals surface area contributed by atoms with Crippen molar-refractivity contribution in [2.75, 3.05) is 18.4 Å². The van der Waals surface area contributed by atoms with Crippen LogP contribution in [-0.2, 0) is 21.2 Å². The maximum Gasteiger partial charge on any atom is 0.240 e. The summed E-state index contributed by atoms with van der Waals surface area (Å²) < 4.78 is 26.7. The number of hydrogen-bond donors (Lipinski definition) is 3. The molecular weight excluding hydrogens is 398 g/mol. The highest BCUT2D eigenvalue weighted by Crippen LogP contribution is 2.21. The second-order valence-corrected chi connectivity index (χ2v) is 8.23. The molecule has 0 saturated carbocycles. The summed E-state index contributed by atoms with van der Waals surface area (Å²) in [5.41, 5.74) is 8.15. The molecule has 0 aliphatic heterocycles. The number of benzene rings is 2. The standard InChI is InChI=1S/C20H27N3O3S.ClH/c1-3-16-7-9-17(10-8-16)15(2)13-20(24)23-18-5-4-6-19(14-18)27(25,26)22-12-11-21;/h4-10,14-15,22H,3,11-13,21H2,1-2H3,(H,23,24);1H. The molecule has 2 aromatic carbocycles. The molecule has 2 aromatic rings. The molecule has 4 N–H and O–H groups in total. The number of carbonyl (C=O) groups is 1. The Morgan fingerprint density at radius 3 is 2.43 bits per heavy atom. The number of nitrogens with two attached hydrogens (primary N) is 1. The van der Waals surface area contributed by atoms with Gasteiger partial charge in [-0.1, -0.05) is 44.2 Å². The van der Waals surface area contributed by atoms with Crippen molar-refractivity contribution in [2.45, 2.75) is 37.5 Å². The number of amides is 1. The van der Waals surface area contributed by atoms with Crippen molar-refractivity contribution in [1.29, 1.82) is 0 Å². The van der Waals surface area contributed by atoms with Gasteiger partial charge in [-0.25, -0.2) is 13.1 Å². The smallest absolute Gasteiger partial charge is 0.240 e. The van der Waals surface area contributed by atoms with E-state index in [4.69, 9.17) is 5.73 Å². The van der Waals surface area contributed by atoms with Gasteiger partial charge in [0, 0.05) is 25.2 Å². The Labute approximate surface area is 173 Å². The lowest BCUT2D eigenvalue weighted by atomic mass is 9.96. The summed E-state index contributed by atoms with van der Waals surface area (Å²) in [6.07, 6.45) is 1.29. The average Bonchev–Trinajstić information content (AvgIpc) is 2.66. The van der Waals surface area contributed by atoms with Gasteiger partial charge >= 0.3 is 0 Å². The molecule has 154 valence electrons. The Morgan fingerprint density at radius 1 is 1.14 bits per heavy atom. The van der Waals surface area contributed by atoms with Gasteiger partial charge in [0.15, 0.2) is 0 Å².